The van der Waals surface area contributed by atoms with Crippen LogP contribution < -0.4 is 11.1 Å². The van der Waals surface area contributed by atoms with Gasteiger partial charge in [-0.2, -0.15) is 0 Å². The fraction of sp³-hybridized carbons (Fsp3) is 0.0909. The zero-order valence-electron chi connectivity index (χ0n) is 8.27. The van der Waals surface area contributed by atoms with E-state index in [1.165, 1.54) is 6.33 Å². The minimum absolute atomic E-state index is 0.677. The van der Waals surface area contributed by atoms with E-state index in [-0.39, 0.29) is 0 Å². The zero-order chi connectivity index (χ0) is 10.7. The number of hydrogen-bond acceptors (Lipinski definition) is 4. The Bertz CT molecular complexity index is 493. The lowest BCUT2D eigenvalue weighted by Crippen LogP contribution is -2.01. The van der Waals surface area contributed by atoms with Gasteiger partial charge in [0.1, 0.15) is 12.1 Å². The Morgan fingerprint density at radius 1 is 1.40 bits per heavy atom. The van der Waals surface area contributed by atoms with Crippen molar-refractivity contribution in [3.63, 3.8) is 0 Å². The van der Waals surface area contributed by atoms with Gasteiger partial charge in [0.05, 0.1) is 5.52 Å². The number of nitrogen functional groups attached to an aromatic ring is 1. The summed E-state index contributed by atoms with van der Waals surface area (Å²) in [5.41, 5.74) is 7.23. The highest BCUT2D eigenvalue weighted by molar-refractivity contribution is 5.90. The molecule has 0 saturated carbocycles. The summed E-state index contributed by atoms with van der Waals surface area (Å²) >= 11 is 0. The van der Waals surface area contributed by atoms with Crippen LogP contribution in [0.1, 0.15) is 0 Å². The first-order chi connectivity index (χ1) is 7.31. The second-order valence-corrected chi connectivity index (χ2v) is 3.17. The highest BCUT2D eigenvalue weighted by Gasteiger charge is 2.01. The van der Waals surface area contributed by atoms with E-state index in [1.54, 1.807) is 6.08 Å². The molecule has 0 spiro atoms. The molecule has 15 heavy (non-hydrogen) atoms. The van der Waals surface area contributed by atoms with E-state index in [4.69, 9.17) is 5.73 Å². The minimum Gasteiger partial charge on any atom is -0.399 e. The second kappa shape index (κ2) is 3.96. The number of hydrogen-bond donors (Lipinski definition) is 2. The average Bonchev–Trinajstić information content (AvgIpc) is 2.25. The summed E-state index contributed by atoms with van der Waals surface area (Å²) < 4.78 is 0. The number of benzene rings is 1. The van der Waals surface area contributed by atoms with E-state index in [2.05, 4.69) is 21.9 Å². The molecule has 0 atom stereocenters. The molecule has 0 fully saturated rings. The molecule has 0 aliphatic rings. The molecule has 3 N–H and O–H groups in total. The van der Waals surface area contributed by atoms with Gasteiger partial charge in [-0.05, 0) is 18.2 Å². The van der Waals surface area contributed by atoms with Crippen LogP contribution in [0.5, 0.6) is 0 Å². The third-order valence-electron chi connectivity index (χ3n) is 2.07. The summed E-state index contributed by atoms with van der Waals surface area (Å²) in [6, 6.07) is 5.58. The molecule has 0 bridgehead atoms. The van der Waals surface area contributed by atoms with Gasteiger partial charge in [-0.25, -0.2) is 9.97 Å². The number of aromatic nitrogens is 2. The van der Waals surface area contributed by atoms with Crippen molar-refractivity contribution in [2.45, 2.75) is 0 Å². The molecule has 0 aliphatic carbocycles. The van der Waals surface area contributed by atoms with Gasteiger partial charge < -0.3 is 11.1 Å². The van der Waals surface area contributed by atoms with Crippen LogP contribution in [-0.2, 0) is 0 Å². The van der Waals surface area contributed by atoms with Crippen LogP contribution in [0.4, 0.5) is 11.5 Å². The van der Waals surface area contributed by atoms with E-state index in [0.717, 1.165) is 16.7 Å². The lowest BCUT2D eigenvalue weighted by Gasteiger charge is -2.06. The average molecular weight is 200 g/mol. The lowest BCUT2D eigenvalue weighted by molar-refractivity contribution is 1.18. The third-order valence-corrected chi connectivity index (χ3v) is 2.07. The second-order valence-electron chi connectivity index (χ2n) is 3.17. The van der Waals surface area contributed by atoms with Gasteiger partial charge in [0.2, 0.25) is 0 Å². The number of nitrogens with one attached hydrogen (secondary N) is 1. The number of nitrogens with zero attached hydrogens (tertiary/aromatic N) is 2. The summed E-state index contributed by atoms with van der Waals surface area (Å²) in [5.74, 6) is 0.805. The van der Waals surface area contributed by atoms with Gasteiger partial charge >= 0.3 is 0 Å². The topological polar surface area (TPSA) is 63.8 Å². The fourth-order valence-electron chi connectivity index (χ4n) is 1.38. The number of fused-ring (bicyclic) bond motifs is 1. The predicted octanol–water partition coefficient (Wildman–Crippen LogP) is 1.81. The maximum Gasteiger partial charge on any atom is 0.137 e. The number of rotatable bonds is 3. The van der Waals surface area contributed by atoms with Crippen LogP contribution >= 0.6 is 0 Å². The maximum absolute atomic E-state index is 5.68. The Kier molecular flexibility index (Phi) is 2.49. The van der Waals surface area contributed by atoms with Crippen LogP contribution in [0.2, 0.25) is 0 Å². The molecule has 0 amide bonds. The van der Waals surface area contributed by atoms with Crippen molar-refractivity contribution in [2.75, 3.05) is 17.6 Å². The number of nitrogens with two attached hydrogens (primary N) is 1. The van der Waals surface area contributed by atoms with Gasteiger partial charge in [0.25, 0.3) is 0 Å². The molecule has 0 saturated heterocycles. The van der Waals surface area contributed by atoms with Crippen molar-refractivity contribution in [3.8, 4) is 0 Å². The van der Waals surface area contributed by atoms with Crippen molar-refractivity contribution >= 4 is 22.4 Å². The molecule has 0 aliphatic heterocycles. The van der Waals surface area contributed by atoms with Crippen molar-refractivity contribution in [1.82, 2.24) is 9.97 Å². The Morgan fingerprint density at radius 2 is 2.27 bits per heavy atom. The highest BCUT2D eigenvalue weighted by Crippen LogP contribution is 2.20. The summed E-state index contributed by atoms with van der Waals surface area (Å²) in [4.78, 5) is 8.32. The smallest absolute Gasteiger partial charge is 0.137 e. The van der Waals surface area contributed by atoms with Crippen LogP contribution in [0.15, 0.2) is 37.2 Å². The van der Waals surface area contributed by atoms with E-state index in [9.17, 15) is 0 Å². The molecule has 2 aromatic rings. The molecule has 1 heterocycles. The minimum atomic E-state index is 0.677. The Morgan fingerprint density at radius 3 is 3.07 bits per heavy atom. The van der Waals surface area contributed by atoms with Gasteiger partial charge in [-0.3, -0.25) is 0 Å². The molecule has 76 valence electrons. The van der Waals surface area contributed by atoms with E-state index < -0.39 is 0 Å². The first-order valence-corrected chi connectivity index (χ1v) is 4.66. The standard InChI is InChI=1S/C11H12N4/c1-2-5-13-11-9-4-3-8(12)6-10(9)14-7-15-11/h2-4,6-7H,1,5,12H2,(H,13,14,15). The molecule has 4 heteroatoms. The molecule has 0 radical (unpaired) electrons. The van der Waals surface area contributed by atoms with Crippen LogP contribution in [0.3, 0.4) is 0 Å². The van der Waals surface area contributed by atoms with Crippen molar-refractivity contribution in [2.24, 2.45) is 0 Å². The first-order valence-electron chi connectivity index (χ1n) is 4.66. The largest absolute Gasteiger partial charge is 0.399 e. The van der Waals surface area contributed by atoms with Crippen LogP contribution in [0.25, 0.3) is 10.9 Å². The number of anilines is 2. The van der Waals surface area contributed by atoms with Gasteiger partial charge in [0, 0.05) is 17.6 Å². The lowest BCUT2D eigenvalue weighted by atomic mass is 10.2. The normalized spacial score (nSPS) is 10.1. The van der Waals surface area contributed by atoms with Crippen molar-refractivity contribution in [3.05, 3.63) is 37.2 Å². The van der Waals surface area contributed by atoms with Crippen LogP contribution in [-0.4, -0.2) is 16.5 Å². The first kappa shape index (κ1) is 9.45. The maximum atomic E-state index is 5.68. The van der Waals surface area contributed by atoms with E-state index in [1.807, 2.05) is 18.2 Å². The third kappa shape index (κ3) is 1.88. The SMILES string of the molecule is C=CCNc1ncnc2cc(N)ccc12. The predicted molar refractivity (Wildman–Crippen MR) is 62.6 cm³/mol. The summed E-state index contributed by atoms with van der Waals surface area (Å²) in [5, 5.41) is 4.11. The van der Waals surface area contributed by atoms with E-state index in [0.29, 0.717) is 12.2 Å². The van der Waals surface area contributed by atoms with E-state index >= 15 is 0 Å². The molecular weight excluding hydrogens is 188 g/mol. The monoisotopic (exact) mass is 200 g/mol. The Labute approximate surface area is 87.8 Å². The van der Waals surface area contributed by atoms with Crippen molar-refractivity contribution < 1.29 is 0 Å². The Hall–Kier alpha value is -2.10. The van der Waals surface area contributed by atoms with Crippen LogP contribution in [0, 0.1) is 0 Å². The highest BCUT2D eigenvalue weighted by atomic mass is 15.0. The summed E-state index contributed by atoms with van der Waals surface area (Å²) in [6.45, 7) is 4.32. The molecule has 2 rings (SSSR count). The quantitative estimate of drug-likeness (QED) is 0.586. The molecule has 1 aromatic heterocycles. The van der Waals surface area contributed by atoms with Gasteiger partial charge in [-0.1, -0.05) is 6.08 Å². The molecule has 1 aromatic carbocycles. The molecule has 4 nitrogen and oxygen atoms in total. The van der Waals surface area contributed by atoms with Gasteiger partial charge in [-0.15, -0.1) is 6.58 Å². The van der Waals surface area contributed by atoms with Gasteiger partial charge in [0.15, 0.2) is 0 Å². The summed E-state index contributed by atoms with van der Waals surface area (Å²) in [7, 11) is 0. The molecule has 0 unspecified atom stereocenters. The Balaban J connectivity index is 2.50. The zero-order valence-corrected chi connectivity index (χ0v) is 8.27. The fourth-order valence-corrected chi connectivity index (χ4v) is 1.38. The summed E-state index contributed by atoms with van der Waals surface area (Å²) in [6.07, 6.45) is 3.30. The molecular formula is C11H12N4. The van der Waals surface area contributed by atoms with Crippen molar-refractivity contribution in [1.29, 1.82) is 0 Å².